The highest BCUT2D eigenvalue weighted by atomic mass is 32.1. The molecule has 0 bridgehead atoms. The summed E-state index contributed by atoms with van der Waals surface area (Å²) in [5.74, 6) is 0. The first-order valence-electron chi connectivity index (χ1n) is 6.93. The molecule has 2 amide bonds. The molecule has 0 aliphatic carbocycles. The van der Waals surface area contributed by atoms with Crippen molar-refractivity contribution in [3.05, 3.63) is 45.9 Å². The van der Waals surface area contributed by atoms with Crippen LogP contribution < -0.4 is 5.32 Å². The second kappa shape index (κ2) is 6.99. The average molecular weight is 343 g/mol. The molecule has 8 heteroatoms. The van der Waals surface area contributed by atoms with Gasteiger partial charge in [-0.1, -0.05) is 19.1 Å². The fourth-order valence-electron chi connectivity index (χ4n) is 1.95. The molecule has 0 aliphatic heterocycles. The van der Waals surface area contributed by atoms with Gasteiger partial charge in [-0.25, -0.2) is 9.78 Å². The minimum atomic E-state index is -4.52. The Balaban J connectivity index is 2.07. The van der Waals surface area contributed by atoms with Gasteiger partial charge in [-0.3, -0.25) is 0 Å². The molecular weight excluding hydrogens is 327 g/mol. The van der Waals surface area contributed by atoms with Crippen LogP contribution in [0, 0.1) is 0 Å². The molecule has 0 saturated carbocycles. The van der Waals surface area contributed by atoms with Gasteiger partial charge in [0, 0.05) is 12.4 Å². The summed E-state index contributed by atoms with van der Waals surface area (Å²) in [6.07, 6.45) is -3.72. The predicted molar refractivity (Wildman–Crippen MR) is 83.4 cm³/mol. The molecule has 23 heavy (non-hydrogen) atoms. The number of carbonyl (C=O) groups is 1. The van der Waals surface area contributed by atoms with E-state index in [-0.39, 0.29) is 12.2 Å². The van der Waals surface area contributed by atoms with E-state index < -0.39 is 17.8 Å². The molecule has 0 aliphatic rings. The van der Waals surface area contributed by atoms with Crippen LogP contribution in [0.1, 0.15) is 23.2 Å². The molecule has 0 spiro atoms. The van der Waals surface area contributed by atoms with Crippen molar-refractivity contribution in [3.8, 4) is 0 Å². The number of thiazole rings is 1. The van der Waals surface area contributed by atoms with Crippen LogP contribution in [0.2, 0.25) is 0 Å². The van der Waals surface area contributed by atoms with Crippen molar-refractivity contribution in [2.75, 3.05) is 12.4 Å². The van der Waals surface area contributed by atoms with Crippen molar-refractivity contribution in [1.29, 1.82) is 0 Å². The monoisotopic (exact) mass is 343 g/mol. The van der Waals surface area contributed by atoms with Crippen LogP contribution in [0.25, 0.3) is 0 Å². The normalized spacial score (nSPS) is 11.3. The van der Waals surface area contributed by atoms with Crippen molar-refractivity contribution < 1.29 is 18.0 Å². The molecule has 0 radical (unpaired) electrons. The van der Waals surface area contributed by atoms with Crippen LogP contribution in [-0.4, -0.2) is 23.0 Å². The van der Waals surface area contributed by atoms with E-state index in [0.29, 0.717) is 5.69 Å². The maximum atomic E-state index is 12.9. The SMILES string of the molecule is CCc1nc(CN(C)C(=O)Nc2ccccc2C(F)(F)F)cs1. The van der Waals surface area contributed by atoms with Crippen LogP contribution >= 0.6 is 11.3 Å². The summed E-state index contributed by atoms with van der Waals surface area (Å²) in [6.45, 7) is 2.21. The van der Waals surface area contributed by atoms with E-state index in [1.165, 1.54) is 41.5 Å². The number of rotatable bonds is 4. The molecule has 4 nitrogen and oxygen atoms in total. The Morgan fingerprint density at radius 1 is 1.35 bits per heavy atom. The zero-order valence-electron chi connectivity index (χ0n) is 12.6. The lowest BCUT2D eigenvalue weighted by Gasteiger charge is -2.19. The van der Waals surface area contributed by atoms with Gasteiger partial charge in [0.25, 0.3) is 0 Å². The first-order chi connectivity index (χ1) is 10.8. The van der Waals surface area contributed by atoms with E-state index in [1.54, 1.807) is 0 Å². The number of urea groups is 1. The third kappa shape index (κ3) is 4.44. The Kier molecular flexibility index (Phi) is 5.25. The molecule has 1 heterocycles. The lowest BCUT2D eigenvalue weighted by molar-refractivity contribution is -0.136. The lowest BCUT2D eigenvalue weighted by Crippen LogP contribution is -2.31. The lowest BCUT2D eigenvalue weighted by atomic mass is 10.1. The van der Waals surface area contributed by atoms with Crippen LogP contribution in [0.4, 0.5) is 23.7 Å². The minimum Gasteiger partial charge on any atom is -0.322 e. The predicted octanol–water partition coefficient (Wildman–Crippen LogP) is 4.39. The largest absolute Gasteiger partial charge is 0.418 e. The van der Waals surface area contributed by atoms with Crippen LogP contribution in [0.3, 0.4) is 0 Å². The van der Waals surface area contributed by atoms with E-state index >= 15 is 0 Å². The fourth-order valence-corrected chi connectivity index (χ4v) is 2.68. The summed E-state index contributed by atoms with van der Waals surface area (Å²) in [7, 11) is 1.51. The highest BCUT2D eigenvalue weighted by Crippen LogP contribution is 2.34. The van der Waals surface area contributed by atoms with Gasteiger partial charge in [0.05, 0.1) is 28.5 Å². The maximum Gasteiger partial charge on any atom is 0.418 e. The number of aromatic nitrogens is 1. The molecule has 2 rings (SSSR count). The zero-order chi connectivity index (χ0) is 17.0. The van der Waals surface area contributed by atoms with Crippen LogP contribution in [0.15, 0.2) is 29.6 Å². The second-order valence-electron chi connectivity index (χ2n) is 4.92. The van der Waals surface area contributed by atoms with Gasteiger partial charge in [-0.05, 0) is 18.6 Å². The smallest absolute Gasteiger partial charge is 0.322 e. The molecule has 1 N–H and O–H groups in total. The number of alkyl halides is 3. The topological polar surface area (TPSA) is 45.2 Å². The van der Waals surface area contributed by atoms with E-state index in [1.807, 2.05) is 12.3 Å². The first-order valence-corrected chi connectivity index (χ1v) is 7.81. The number of carbonyl (C=O) groups excluding carboxylic acids is 1. The van der Waals surface area contributed by atoms with Gasteiger partial charge in [0.1, 0.15) is 0 Å². The van der Waals surface area contributed by atoms with Crippen molar-refractivity contribution in [2.45, 2.75) is 26.1 Å². The number of nitrogens with one attached hydrogen (secondary N) is 1. The van der Waals surface area contributed by atoms with Gasteiger partial charge in [0.2, 0.25) is 0 Å². The van der Waals surface area contributed by atoms with Crippen molar-refractivity contribution in [1.82, 2.24) is 9.88 Å². The van der Waals surface area contributed by atoms with Crippen molar-refractivity contribution in [3.63, 3.8) is 0 Å². The van der Waals surface area contributed by atoms with E-state index in [4.69, 9.17) is 0 Å². The molecule has 0 fully saturated rings. The third-order valence-corrected chi connectivity index (χ3v) is 4.16. The Hall–Kier alpha value is -2.09. The molecule has 124 valence electrons. The number of nitrogens with zero attached hydrogens (tertiary/aromatic N) is 2. The van der Waals surface area contributed by atoms with E-state index in [9.17, 15) is 18.0 Å². The Morgan fingerprint density at radius 3 is 2.65 bits per heavy atom. The summed E-state index contributed by atoms with van der Waals surface area (Å²) >= 11 is 1.49. The maximum absolute atomic E-state index is 12.9. The highest BCUT2D eigenvalue weighted by molar-refractivity contribution is 7.09. The summed E-state index contributed by atoms with van der Waals surface area (Å²) in [6, 6.07) is 4.27. The number of amides is 2. The molecule has 0 saturated heterocycles. The van der Waals surface area contributed by atoms with Crippen LogP contribution in [-0.2, 0) is 19.1 Å². The van der Waals surface area contributed by atoms with Gasteiger partial charge < -0.3 is 10.2 Å². The second-order valence-corrected chi connectivity index (χ2v) is 5.86. The molecule has 0 atom stereocenters. The summed E-state index contributed by atoms with van der Waals surface area (Å²) in [5, 5.41) is 5.09. The summed E-state index contributed by atoms with van der Waals surface area (Å²) < 4.78 is 38.7. The van der Waals surface area contributed by atoms with Gasteiger partial charge in [-0.2, -0.15) is 13.2 Å². The first kappa shape index (κ1) is 17.3. The number of anilines is 1. The fraction of sp³-hybridized carbons (Fsp3) is 0.333. The Labute approximate surface area is 136 Å². The molecule has 0 unspecified atom stereocenters. The summed E-state index contributed by atoms with van der Waals surface area (Å²) in [5.41, 5.74) is -0.415. The van der Waals surface area contributed by atoms with Gasteiger partial charge in [-0.15, -0.1) is 11.3 Å². The summed E-state index contributed by atoms with van der Waals surface area (Å²) in [4.78, 5) is 17.7. The number of para-hydroxylation sites is 1. The zero-order valence-corrected chi connectivity index (χ0v) is 13.5. The molecule has 2 aromatic rings. The van der Waals surface area contributed by atoms with Crippen molar-refractivity contribution in [2.24, 2.45) is 0 Å². The van der Waals surface area contributed by atoms with Crippen LogP contribution in [0.5, 0.6) is 0 Å². The molecule has 1 aromatic heterocycles. The number of hydrogen-bond acceptors (Lipinski definition) is 3. The average Bonchev–Trinajstić information content (AvgIpc) is 2.94. The standard InChI is InChI=1S/C15H16F3N3OS/c1-3-13-19-10(9-23-13)8-21(2)14(22)20-12-7-5-4-6-11(12)15(16,17)18/h4-7,9H,3,8H2,1-2H3,(H,20,22). The third-order valence-electron chi connectivity index (χ3n) is 3.12. The minimum absolute atomic E-state index is 0.233. The Morgan fingerprint density at radius 2 is 2.04 bits per heavy atom. The van der Waals surface area contributed by atoms with E-state index in [2.05, 4.69) is 10.3 Å². The van der Waals surface area contributed by atoms with Gasteiger partial charge >= 0.3 is 12.2 Å². The number of hydrogen-bond donors (Lipinski definition) is 1. The van der Waals surface area contributed by atoms with Gasteiger partial charge in [0.15, 0.2) is 0 Å². The van der Waals surface area contributed by atoms with E-state index in [0.717, 1.165) is 17.5 Å². The molecular formula is C15H16F3N3OS. The molecule has 1 aromatic carbocycles. The number of halogens is 3. The Bertz CT molecular complexity index is 685. The quantitative estimate of drug-likeness (QED) is 0.895. The number of aryl methyl sites for hydroxylation is 1. The highest BCUT2D eigenvalue weighted by Gasteiger charge is 2.33. The number of benzene rings is 1. The van der Waals surface area contributed by atoms with Crippen molar-refractivity contribution >= 4 is 23.1 Å².